The largest absolute Gasteiger partial charge is 0.394 e. The molecule has 0 radical (unpaired) electrons. The van der Waals surface area contributed by atoms with Crippen molar-refractivity contribution in [2.24, 2.45) is 0 Å². The zero-order valence-electron chi connectivity index (χ0n) is 30.2. The van der Waals surface area contributed by atoms with Gasteiger partial charge in [0.2, 0.25) is 5.91 Å². The van der Waals surface area contributed by atoms with Crippen molar-refractivity contribution in [1.82, 2.24) is 5.32 Å². The summed E-state index contributed by atoms with van der Waals surface area (Å²) in [7, 11) is 0. The predicted molar refractivity (Wildman–Crippen MR) is 198 cm³/mol. The summed E-state index contributed by atoms with van der Waals surface area (Å²) in [5.41, 5.74) is 0. The number of allylic oxidation sites excluding steroid dienone is 11. The molecular weight excluding hydrogens is 622 g/mol. The lowest BCUT2D eigenvalue weighted by molar-refractivity contribution is -0.302. The SMILES string of the molecule is CC/C=C\C/C=C\C/C=C\C/C=C\C/C=C\CCCCCCCC(=O)NC(COC1OC(CO)C(O)C(O)C1O)C(O)/C=C/CCCCC. The van der Waals surface area contributed by atoms with Gasteiger partial charge in [-0.05, 0) is 64.2 Å². The first-order valence-corrected chi connectivity index (χ1v) is 18.7. The third-order valence-electron chi connectivity index (χ3n) is 8.29. The van der Waals surface area contributed by atoms with Crippen LogP contribution in [0.4, 0.5) is 0 Å². The Hall–Kier alpha value is -2.37. The summed E-state index contributed by atoms with van der Waals surface area (Å²) < 4.78 is 11.1. The normalized spacial score (nSPS) is 23.3. The molecule has 280 valence electrons. The molecule has 7 atom stereocenters. The number of rotatable bonds is 28. The number of hydrogen-bond donors (Lipinski definition) is 6. The summed E-state index contributed by atoms with van der Waals surface area (Å²) in [6.45, 7) is 3.49. The smallest absolute Gasteiger partial charge is 0.220 e. The van der Waals surface area contributed by atoms with E-state index in [0.717, 1.165) is 96.3 Å². The Bertz CT molecular complexity index is 989. The molecule has 0 aromatic carbocycles. The van der Waals surface area contributed by atoms with Crippen molar-refractivity contribution >= 4 is 5.91 Å². The number of hydrogen-bond acceptors (Lipinski definition) is 8. The molecule has 0 saturated carbocycles. The molecule has 0 bridgehead atoms. The summed E-state index contributed by atoms with van der Waals surface area (Å²) in [5.74, 6) is -0.209. The van der Waals surface area contributed by atoms with Gasteiger partial charge in [0.15, 0.2) is 6.29 Å². The van der Waals surface area contributed by atoms with Gasteiger partial charge in [0.1, 0.15) is 24.4 Å². The van der Waals surface area contributed by atoms with Crippen LogP contribution in [0.2, 0.25) is 0 Å². The summed E-state index contributed by atoms with van der Waals surface area (Å²) in [4.78, 5) is 12.8. The van der Waals surface area contributed by atoms with Crippen LogP contribution in [0.15, 0.2) is 72.9 Å². The topological polar surface area (TPSA) is 149 Å². The first-order valence-electron chi connectivity index (χ1n) is 18.7. The summed E-state index contributed by atoms with van der Waals surface area (Å²) in [5, 5.41) is 53.5. The van der Waals surface area contributed by atoms with Crippen molar-refractivity contribution < 1.29 is 39.8 Å². The fraction of sp³-hybridized carbons (Fsp3) is 0.675. The zero-order chi connectivity index (χ0) is 36.0. The molecule has 1 aliphatic heterocycles. The number of carbonyl (C=O) groups is 1. The molecule has 1 amide bonds. The molecule has 1 heterocycles. The number of nitrogens with one attached hydrogen (secondary N) is 1. The van der Waals surface area contributed by atoms with Gasteiger partial charge in [-0.15, -0.1) is 0 Å². The van der Waals surface area contributed by atoms with Crippen molar-refractivity contribution in [2.45, 2.75) is 159 Å². The molecule has 9 heteroatoms. The summed E-state index contributed by atoms with van der Waals surface area (Å²) in [6.07, 6.45) is 32.7. The number of amides is 1. The second-order valence-corrected chi connectivity index (χ2v) is 12.6. The Morgan fingerprint density at radius 2 is 1.27 bits per heavy atom. The Labute approximate surface area is 296 Å². The van der Waals surface area contributed by atoms with Crippen LogP contribution in [0.3, 0.4) is 0 Å². The molecule has 0 spiro atoms. The fourth-order valence-corrected chi connectivity index (χ4v) is 5.24. The van der Waals surface area contributed by atoms with E-state index >= 15 is 0 Å². The molecule has 49 heavy (non-hydrogen) atoms. The van der Waals surface area contributed by atoms with E-state index in [0.29, 0.717) is 6.42 Å². The number of aliphatic hydroxyl groups is 5. The average molecular weight is 690 g/mol. The summed E-state index contributed by atoms with van der Waals surface area (Å²) in [6, 6.07) is -0.814. The molecule has 9 nitrogen and oxygen atoms in total. The number of unbranched alkanes of at least 4 members (excludes halogenated alkanes) is 8. The van der Waals surface area contributed by atoms with Crippen LogP contribution in [-0.4, -0.2) is 87.5 Å². The molecular formula is C40H67NO8. The highest BCUT2D eigenvalue weighted by molar-refractivity contribution is 5.76. The fourth-order valence-electron chi connectivity index (χ4n) is 5.24. The van der Waals surface area contributed by atoms with Gasteiger partial charge in [-0.2, -0.15) is 0 Å². The van der Waals surface area contributed by atoms with Crippen LogP contribution in [0, 0.1) is 0 Å². The molecule has 0 aliphatic carbocycles. The van der Waals surface area contributed by atoms with Gasteiger partial charge in [-0.3, -0.25) is 4.79 Å². The van der Waals surface area contributed by atoms with E-state index in [1.165, 1.54) is 0 Å². The lowest BCUT2D eigenvalue weighted by Gasteiger charge is -2.40. The molecule has 1 aliphatic rings. The van der Waals surface area contributed by atoms with Gasteiger partial charge >= 0.3 is 0 Å². The van der Waals surface area contributed by atoms with E-state index in [4.69, 9.17) is 9.47 Å². The standard InChI is InChI=1S/C40H67NO8/c1-3-5-7-9-10-11-12-13-14-15-16-17-18-19-20-21-22-23-24-26-28-30-36(44)41-33(34(43)29-27-25-8-6-4-2)32-48-40-39(47)38(46)37(45)35(31-42)49-40/h5,7,10-11,13-14,16-17,19-20,27,29,33-35,37-40,42-43,45-47H,3-4,6,8-9,12,15,18,21-26,28,30-32H2,1-2H3,(H,41,44)/b7-5-,11-10-,14-13-,17-16-,20-19-,29-27+. The number of carbonyl (C=O) groups excluding carboxylic acids is 1. The van der Waals surface area contributed by atoms with E-state index in [1.54, 1.807) is 6.08 Å². The maximum atomic E-state index is 12.8. The highest BCUT2D eigenvalue weighted by Crippen LogP contribution is 2.22. The Morgan fingerprint density at radius 1 is 0.714 bits per heavy atom. The van der Waals surface area contributed by atoms with Gasteiger partial charge < -0.3 is 40.3 Å². The van der Waals surface area contributed by atoms with Gasteiger partial charge in [0, 0.05) is 6.42 Å². The van der Waals surface area contributed by atoms with Crippen molar-refractivity contribution in [3.8, 4) is 0 Å². The third-order valence-corrected chi connectivity index (χ3v) is 8.29. The van der Waals surface area contributed by atoms with Crippen molar-refractivity contribution in [3.63, 3.8) is 0 Å². The Balaban J connectivity index is 2.32. The Kier molecular flexibility index (Phi) is 27.8. The Morgan fingerprint density at radius 3 is 1.88 bits per heavy atom. The van der Waals surface area contributed by atoms with E-state index in [2.05, 4.69) is 79.9 Å². The van der Waals surface area contributed by atoms with Crippen LogP contribution in [0.5, 0.6) is 0 Å². The molecule has 0 aromatic rings. The van der Waals surface area contributed by atoms with Gasteiger partial charge in [-0.1, -0.05) is 119 Å². The number of aliphatic hydroxyl groups excluding tert-OH is 5. The van der Waals surface area contributed by atoms with E-state index in [-0.39, 0.29) is 12.5 Å². The molecule has 1 saturated heterocycles. The highest BCUT2D eigenvalue weighted by atomic mass is 16.7. The van der Waals surface area contributed by atoms with Crippen LogP contribution >= 0.6 is 0 Å². The van der Waals surface area contributed by atoms with Crippen LogP contribution < -0.4 is 5.32 Å². The predicted octanol–water partition coefficient (Wildman–Crippen LogP) is 6.27. The van der Waals surface area contributed by atoms with Gasteiger partial charge in [0.25, 0.3) is 0 Å². The second-order valence-electron chi connectivity index (χ2n) is 12.6. The van der Waals surface area contributed by atoms with E-state index in [9.17, 15) is 30.3 Å². The molecule has 6 N–H and O–H groups in total. The molecule has 1 rings (SSSR count). The first kappa shape index (κ1) is 44.7. The monoisotopic (exact) mass is 689 g/mol. The van der Waals surface area contributed by atoms with Crippen molar-refractivity contribution in [2.75, 3.05) is 13.2 Å². The number of ether oxygens (including phenoxy) is 2. The maximum Gasteiger partial charge on any atom is 0.220 e. The second kappa shape index (κ2) is 30.5. The van der Waals surface area contributed by atoms with Crippen LogP contribution in [-0.2, 0) is 14.3 Å². The average Bonchev–Trinajstić information content (AvgIpc) is 3.10. The maximum absolute atomic E-state index is 12.8. The third kappa shape index (κ3) is 22.1. The van der Waals surface area contributed by atoms with Crippen LogP contribution in [0.25, 0.3) is 0 Å². The minimum absolute atomic E-state index is 0.204. The first-order chi connectivity index (χ1) is 23.8. The quantitative estimate of drug-likeness (QED) is 0.0416. The zero-order valence-corrected chi connectivity index (χ0v) is 30.2. The molecule has 0 aromatic heterocycles. The van der Waals surface area contributed by atoms with E-state index < -0.39 is 49.5 Å². The van der Waals surface area contributed by atoms with Gasteiger partial charge in [0.05, 0.1) is 25.4 Å². The van der Waals surface area contributed by atoms with Crippen LogP contribution in [0.1, 0.15) is 117 Å². The summed E-state index contributed by atoms with van der Waals surface area (Å²) >= 11 is 0. The molecule has 7 unspecified atom stereocenters. The highest BCUT2D eigenvalue weighted by Gasteiger charge is 2.44. The molecule has 1 fully saturated rings. The lowest BCUT2D eigenvalue weighted by Crippen LogP contribution is -2.60. The minimum Gasteiger partial charge on any atom is -0.394 e. The minimum atomic E-state index is -1.57. The van der Waals surface area contributed by atoms with Crippen molar-refractivity contribution in [3.05, 3.63) is 72.9 Å². The van der Waals surface area contributed by atoms with Crippen molar-refractivity contribution in [1.29, 1.82) is 0 Å². The van der Waals surface area contributed by atoms with E-state index in [1.807, 2.05) is 6.08 Å². The lowest BCUT2D eigenvalue weighted by atomic mass is 9.99. The van der Waals surface area contributed by atoms with Gasteiger partial charge in [-0.25, -0.2) is 0 Å².